The van der Waals surface area contributed by atoms with Crippen LogP contribution < -0.4 is 16.0 Å². The predicted octanol–water partition coefficient (Wildman–Crippen LogP) is 5.85. The van der Waals surface area contributed by atoms with Crippen LogP contribution in [0.15, 0.2) is 34.9 Å². The Balaban J connectivity index is 1.35. The van der Waals surface area contributed by atoms with Gasteiger partial charge in [-0.25, -0.2) is 9.78 Å². The first kappa shape index (κ1) is 26.2. The summed E-state index contributed by atoms with van der Waals surface area (Å²) in [6.45, 7) is 6.99. The topological polar surface area (TPSA) is 112 Å². The van der Waals surface area contributed by atoms with Crippen LogP contribution in [0.3, 0.4) is 0 Å². The van der Waals surface area contributed by atoms with Gasteiger partial charge in [-0.15, -0.1) is 0 Å². The Bertz CT molecular complexity index is 1100. The second-order valence-electron chi connectivity index (χ2n) is 10.9. The highest BCUT2D eigenvalue weighted by Gasteiger charge is 2.41. The van der Waals surface area contributed by atoms with Crippen LogP contribution in [0.2, 0.25) is 0 Å². The second kappa shape index (κ2) is 11.5. The van der Waals surface area contributed by atoms with Crippen molar-refractivity contribution >= 4 is 33.8 Å². The number of nitrogens with one attached hydrogen (secondary N) is 3. The highest BCUT2D eigenvalue weighted by molar-refractivity contribution is 9.10. The largest absolute Gasteiger partial charge is 0.444 e. The number of carbonyl (C=O) groups is 1. The average molecular weight is 556 g/mol. The molecular weight excluding hydrogens is 520 g/mol. The van der Waals surface area contributed by atoms with Gasteiger partial charge in [-0.1, -0.05) is 34.5 Å². The third-order valence-electron chi connectivity index (χ3n) is 6.93. The van der Waals surface area contributed by atoms with Gasteiger partial charge in [-0.2, -0.15) is 10.2 Å². The quantitative estimate of drug-likeness (QED) is 0.393. The fourth-order valence-electron chi connectivity index (χ4n) is 5.47. The highest BCUT2D eigenvalue weighted by Crippen LogP contribution is 2.43. The molecule has 8 nitrogen and oxygen atoms in total. The van der Waals surface area contributed by atoms with E-state index in [0.717, 1.165) is 42.3 Å². The van der Waals surface area contributed by atoms with Gasteiger partial charge < -0.3 is 20.7 Å². The van der Waals surface area contributed by atoms with E-state index in [0.29, 0.717) is 41.6 Å². The van der Waals surface area contributed by atoms with E-state index < -0.39 is 5.60 Å². The second-order valence-corrected chi connectivity index (χ2v) is 11.8. The Hall–Kier alpha value is -2.86. The fraction of sp³-hybridized carbons (Fsp3) is 0.556. The lowest BCUT2D eigenvalue weighted by molar-refractivity contribution is 0.0324. The number of hydrogen-bond acceptors (Lipinski definition) is 7. The molecule has 1 amide bonds. The maximum atomic E-state index is 12.4. The lowest BCUT2D eigenvalue weighted by Gasteiger charge is -2.46. The molecule has 1 aromatic carbocycles. The minimum Gasteiger partial charge on any atom is -0.444 e. The molecule has 192 valence electrons. The van der Waals surface area contributed by atoms with Crippen molar-refractivity contribution in [2.75, 3.05) is 17.2 Å². The predicted molar refractivity (Wildman–Crippen MR) is 143 cm³/mol. The molecule has 0 radical (unpaired) electrons. The molecule has 2 saturated carbocycles. The van der Waals surface area contributed by atoms with Crippen LogP contribution in [0.25, 0.3) is 0 Å². The average Bonchev–Trinajstić information content (AvgIpc) is 2.80. The van der Waals surface area contributed by atoms with Crippen molar-refractivity contribution in [1.29, 1.82) is 5.26 Å². The van der Waals surface area contributed by atoms with E-state index in [1.54, 1.807) is 6.20 Å². The van der Waals surface area contributed by atoms with Gasteiger partial charge in [-0.05, 0) is 81.9 Å². The minimum atomic E-state index is -0.498. The van der Waals surface area contributed by atoms with Crippen LogP contribution in [0.1, 0.15) is 64.0 Å². The van der Waals surface area contributed by atoms with E-state index in [4.69, 9.17) is 4.74 Å². The SMILES string of the molecule is CC(C)(C)OC(=O)NC1[C@@H]2CCC[C@H]1CC(CNc1nc(NCc3cccc(Br)c3)ncc1C#N)C2. The molecule has 1 heterocycles. The number of anilines is 2. The Morgan fingerprint density at radius 1 is 1.22 bits per heavy atom. The van der Waals surface area contributed by atoms with E-state index >= 15 is 0 Å². The number of halogens is 1. The van der Waals surface area contributed by atoms with E-state index in [1.165, 1.54) is 6.42 Å². The summed E-state index contributed by atoms with van der Waals surface area (Å²) >= 11 is 3.49. The number of fused-ring (bicyclic) bond motifs is 2. The van der Waals surface area contributed by atoms with Crippen LogP contribution in [0, 0.1) is 29.1 Å². The number of carbonyl (C=O) groups excluding carboxylic acids is 1. The molecule has 2 aliphatic carbocycles. The fourth-order valence-corrected chi connectivity index (χ4v) is 5.91. The Morgan fingerprint density at radius 3 is 2.64 bits per heavy atom. The van der Waals surface area contributed by atoms with Crippen LogP contribution >= 0.6 is 15.9 Å². The molecule has 2 unspecified atom stereocenters. The van der Waals surface area contributed by atoms with Crippen LogP contribution in [-0.2, 0) is 11.3 Å². The van der Waals surface area contributed by atoms with Gasteiger partial charge in [0.1, 0.15) is 23.1 Å². The first-order chi connectivity index (χ1) is 17.2. The zero-order valence-corrected chi connectivity index (χ0v) is 22.8. The van der Waals surface area contributed by atoms with Crippen molar-refractivity contribution in [3.8, 4) is 6.07 Å². The Kier molecular flexibility index (Phi) is 8.35. The molecule has 3 N–H and O–H groups in total. The Labute approximate surface area is 221 Å². The molecule has 4 atom stereocenters. The number of nitrogens with zero attached hydrogens (tertiary/aromatic N) is 3. The summed E-state index contributed by atoms with van der Waals surface area (Å²) < 4.78 is 6.53. The van der Waals surface area contributed by atoms with Gasteiger partial charge in [0.25, 0.3) is 0 Å². The smallest absolute Gasteiger partial charge is 0.407 e. The van der Waals surface area contributed by atoms with Gasteiger partial charge in [0.15, 0.2) is 0 Å². The van der Waals surface area contributed by atoms with Crippen molar-refractivity contribution in [3.63, 3.8) is 0 Å². The van der Waals surface area contributed by atoms with Crippen molar-refractivity contribution in [1.82, 2.24) is 15.3 Å². The monoisotopic (exact) mass is 554 g/mol. The summed E-state index contributed by atoms with van der Waals surface area (Å²) in [5.41, 5.74) is 1.04. The van der Waals surface area contributed by atoms with Crippen LogP contribution in [0.4, 0.5) is 16.6 Å². The number of aromatic nitrogens is 2. The maximum absolute atomic E-state index is 12.4. The molecule has 2 bridgehead atoms. The van der Waals surface area contributed by atoms with E-state index in [-0.39, 0.29) is 12.1 Å². The first-order valence-electron chi connectivity index (χ1n) is 12.7. The number of nitriles is 1. The van der Waals surface area contributed by atoms with Crippen molar-refractivity contribution in [2.24, 2.45) is 17.8 Å². The molecule has 36 heavy (non-hydrogen) atoms. The highest BCUT2D eigenvalue weighted by atomic mass is 79.9. The molecule has 9 heteroatoms. The summed E-state index contributed by atoms with van der Waals surface area (Å²) in [4.78, 5) is 21.3. The van der Waals surface area contributed by atoms with E-state index in [9.17, 15) is 10.1 Å². The van der Waals surface area contributed by atoms with Crippen LogP contribution in [0.5, 0.6) is 0 Å². The van der Waals surface area contributed by atoms with Gasteiger partial charge in [-0.3, -0.25) is 0 Å². The molecule has 1 aromatic heterocycles. The van der Waals surface area contributed by atoms with E-state index in [1.807, 2.05) is 45.0 Å². The van der Waals surface area contributed by atoms with Gasteiger partial charge in [0.05, 0.1) is 6.20 Å². The number of hydrogen-bond donors (Lipinski definition) is 3. The summed E-state index contributed by atoms with van der Waals surface area (Å²) in [5, 5.41) is 19.4. The molecule has 2 fully saturated rings. The summed E-state index contributed by atoms with van der Waals surface area (Å²) in [6.07, 6.45) is 6.76. The zero-order valence-electron chi connectivity index (χ0n) is 21.2. The number of rotatable bonds is 7. The lowest BCUT2D eigenvalue weighted by atomic mass is 9.64. The third kappa shape index (κ3) is 7.10. The van der Waals surface area contributed by atoms with Gasteiger partial charge in [0, 0.05) is 23.6 Å². The number of benzene rings is 1. The normalized spacial score (nSPS) is 23.3. The van der Waals surface area contributed by atoms with Gasteiger partial charge >= 0.3 is 6.09 Å². The van der Waals surface area contributed by atoms with E-state index in [2.05, 4.69) is 47.9 Å². The minimum absolute atomic E-state index is 0.174. The van der Waals surface area contributed by atoms with Crippen LogP contribution in [-0.4, -0.2) is 34.2 Å². The molecule has 0 saturated heterocycles. The molecular formula is C27H35BrN6O2. The number of ether oxygens (including phenoxy) is 1. The third-order valence-corrected chi connectivity index (χ3v) is 7.42. The standard InChI is InChI=1S/C27H35BrN6O2/c1-27(2,3)36-26(35)33-23-19-7-5-8-20(23)11-18(10-19)15-30-24-21(13-29)16-32-25(34-24)31-14-17-6-4-9-22(28)12-17/h4,6,9,12,16,18-20,23H,5,7-8,10-11,14-15H2,1-3H3,(H,33,35)(H2,30,31,32,34)/t18?,19-,20+,23?. The number of alkyl carbamates (subject to hydrolysis) is 1. The molecule has 0 aliphatic heterocycles. The summed E-state index contributed by atoms with van der Waals surface area (Å²) in [7, 11) is 0. The van der Waals surface area contributed by atoms with Crippen molar-refractivity contribution in [2.45, 2.75) is 71.1 Å². The Morgan fingerprint density at radius 2 is 1.97 bits per heavy atom. The molecule has 2 aromatic rings. The lowest BCUT2D eigenvalue weighted by Crippen LogP contribution is -2.52. The maximum Gasteiger partial charge on any atom is 0.407 e. The summed E-state index contributed by atoms with van der Waals surface area (Å²) in [6, 6.07) is 10.4. The zero-order chi connectivity index (χ0) is 25.7. The molecule has 2 aliphatic rings. The van der Waals surface area contributed by atoms with Crippen molar-refractivity contribution in [3.05, 3.63) is 46.1 Å². The number of amides is 1. The molecule has 0 spiro atoms. The molecule has 4 rings (SSSR count). The summed E-state index contributed by atoms with van der Waals surface area (Å²) in [5.74, 6) is 2.39. The van der Waals surface area contributed by atoms with Crippen molar-refractivity contribution < 1.29 is 9.53 Å². The van der Waals surface area contributed by atoms with Gasteiger partial charge in [0.2, 0.25) is 5.95 Å². The first-order valence-corrected chi connectivity index (χ1v) is 13.5.